The number of fused-ring (bicyclic) bond motifs is 5. The number of hydrogen-bond acceptors (Lipinski definition) is 11. The molecule has 1 saturated carbocycles. The zero-order valence-electron chi connectivity index (χ0n) is 36.8. The minimum Gasteiger partial charge on any atom is -0.464 e. The second-order valence-electron chi connectivity index (χ2n) is 17.0. The van der Waals surface area contributed by atoms with Crippen molar-refractivity contribution in [2.45, 2.75) is 83.6 Å². The number of aromatic amines is 2. The molecule has 65 heavy (non-hydrogen) atoms. The van der Waals surface area contributed by atoms with E-state index in [1.165, 1.54) is 20.3 Å². The third-order valence-electron chi connectivity index (χ3n) is 12.2. The highest BCUT2D eigenvalue weighted by molar-refractivity contribution is 7.11. The molecule has 4 amide bonds. The van der Waals surface area contributed by atoms with E-state index in [2.05, 4.69) is 35.3 Å². The summed E-state index contributed by atoms with van der Waals surface area (Å²) in [6.07, 6.45) is 7.63. The fraction of sp³-hybridized carbons (Fsp3) is 0.413. The Hall–Kier alpha value is -6.76. The maximum absolute atomic E-state index is 16.8. The predicted molar refractivity (Wildman–Crippen MR) is 239 cm³/mol. The number of carbonyl (C=O) groups excluding carboxylic acids is 4. The number of methoxy groups -OCH3 is 2. The van der Waals surface area contributed by atoms with E-state index >= 15 is 4.39 Å². The third kappa shape index (κ3) is 8.63. The molecule has 1 unspecified atom stereocenters. The van der Waals surface area contributed by atoms with Crippen LogP contribution in [0.15, 0.2) is 55.0 Å². The number of carbonyl (C=O) groups is 4. The number of likely N-dealkylation sites (tertiary alicyclic amines) is 1. The molecule has 2 aromatic carbocycles. The molecule has 0 bridgehead atoms. The number of nitrogens with zero attached hydrogens (tertiary/aromatic N) is 6. The van der Waals surface area contributed by atoms with Gasteiger partial charge in [-0.25, -0.2) is 28.9 Å². The Bertz CT molecular complexity index is 2770. The molecule has 340 valence electrons. The summed E-state index contributed by atoms with van der Waals surface area (Å²) in [4.78, 5) is 75.4. The standard InChI is InChI=1S/C46H51FN10O7S/c1-6-13-55(43(59)40(24(2)3)54-46(61)63-5)23-37-48-19-30(52-37)26-11-12-32-28(15-26)17-34-39-29(47)16-27(18-35(39)64-44(57(32)34)36-21-50-42(65-36)25-9-10-25)31-20-49-41(53-31)33-8-7-14-56(33)38(58)22-51-45(60)62-4/h11-12,15-21,24-25,33,40,44H,6-10,13-14,22-23H2,1-5H3,(H,48,52)(H,49,53)(H,51,60)(H,54,61)/t33-,40?,44-/m0/s1. The smallest absolute Gasteiger partial charge is 0.407 e. The van der Waals surface area contributed by atoms with E-state index in [4.69, 9.17) is 14.5 Å². The number of benzene rings is 2. The molecule has 2 fully saturated rings. The fourth-order valence-electron chi connectivity index (χ4n) is 8.75. The number of H-pyrrole nitrogens is 2. The van der Waals surface area contributed by atoms with Gasteiger partial charge in [0, 0.05) is 41.7 Å². The average Bonchev–Trinajstić information content (AvgIpc) is 3.89. The molecule has 17 nitrogen and oxygen atoms in total. The van der Waals surface area contributed by atoms with Crippen molar-refractivity contribution in [2.24, 2.45) is 5.92 Å². The van der Waals surface area contributed by atoms with Crippen LogP contribution in [0.1, 0.15) is 92.6 Å². The van der Waals surface area contributed by atoms with Crippen molar-refractivity contribution in [3.05, 3.63) is 82.3 Å². The number of nitrogens with one attached hydrogen (secondary N) is 4. The van der Waals surface area contributed by atoms with Crippen LogP contribution in [-0.2, 0) is 25.6 Å². The van der Waals surface area contributed by atoms with Gasteiger partial charge in [0.25, 0.3) is 0 Å². The summed E-state index contributed by atoms with van der Waals surface area (Å²) in [5.74, 6) is 0.849. The zero-order chi connectivity index (χ0) is 45.5. The predicted octanol–water partition coefficient (Wildman–Crippen LogP) is 7.64. The summed E-state index contributed by atoms with van der Waals surface area (Å²) in [7, 11) is 2.51. The summed E-state index contributed by atoms with van der Waals surface area (Å²) in [6, 6.07) is 10.2. The van der Waals surface area contributed by atoms with Gasteiger partial charge in [-0.1, -0.05) is 26.8 Å². The van der Waals surface area contributed by atoms with Crippen molar-refractivity contribution in [2.75, 3.05) is 33.9 Å². The number of imidazole rings is 2. The number of aromatic nitrogens is 6. The molecule has 9 rings (SSSR count). The number of rotatable bonds is 14. The normalized spacial score (nSPS) is 17.1. The molecule has 3 atom stereocenters. The number of hydrogen-bond donors (Lipinski definition) is 4. The molecule has 0 spiro atoms. The van der Waals surface area contributed by atoms with Crippen LogP contribution in [0.3, 0.4) is 0 Å². The Morgan fingerprint density at radius 2 is 1.75 bits per heavy atom. The fourth-order valence-corrected chi connectivity index (χ4v) is 9.86. The van der Waals surface area contributed by atoms with Crippen LogP contribution in [0.25, 0.3) is 44.7 Å². The van der Waals surface area contributed by atoms with Crippen LogP contribution in [0.4, 0.5) is 14.0 Å². The van der Waals surface area contributed by atoms with E-state index in [0.29, 0.717) is 71.8 Å². The van der Waals surface area contributed by atoms with Crippen molar-refractivity contribution in [1.82, 2.24) is 49.9 Å². The number of halogens is 1. The number of amides is 4. The Balaban J connectivity index is 1.02. The van der Waals surface area contributed by atoms with Gasteiger partial charge in [0.15, 0.2) is 0 Å². The summed E-state index contributed by atoms with van der Waals surface area (Å²) < 4.78 is 35.0. The number of thiazole rings is 1. The molecule has 19 heteroatoms. The molecule has 2 aliphatic heterocycles. The second-order valence-corrected chi connectivity index (χ2v) is 18.1. The van der Waals surface area contributed by atoms with Crippen LogP contribution < -0.4 is 15.4 Å². The first-order valence-electron chi connectivity index (χ1n) is 21.9. The quantitative estimate of drug-likeness (QED) is 0.0842. The highest BCUT2D eigenvalue weighted by Gasteiger charge is 2.36. The highest BCUT2D eigenvalue weighted by atomic mass is 32.1. The second kappa shape index (κ2) is 18.0. The first-order valence-corrected chi connectivity index (χ1v) is 22.7. The lowest BCUT2D eigenvalue weighted by Gasteiger charge is -2.29. The summed E-state index contributed by atoms with van der Waals surface area (Å²) in [5.41, 5.74) is 4.51. The lowest BCUT2D eigenvalue weighted by molar-refractivity contribution is -0.135. The molecule has 4 N–H and O–H groups in total. The maximum Gasteiger partial charge on any atom is 0.407 e. The topological polar surface area (TPSA) is 202 Å². The minimum atomic E-state index is -0.763. The molecule has 6 heterocycles. The monoisotopic (exact) mass is 906 g/mol. The number of ether oxygens (including phenoxy) is 3. The molecule has 3 aliphatic rings. The average molecular weight is 907 g/mol. The van der Waals surface area contributed by atoms with Crippen molar-refractivity contribution < 1.29 is 37.8 Å². The van der Waals surface area contributed by atoms with Gasteiger partial charge >= 0.3 is 12.2 Å². The van der Waals surface area contributed by atoms with Gasteiger partial charge in [-0.15, -0.1) is 11.3 Å². The van der Waals surface area contributed by atoms with Gasteiger partial charge in [0.2, 0.25) is 18.0 Å². The highest BCUT2D eigenvalue weighted by Crippen LogP contribution is 2.49. The maximum atomic E-state index is 16.8. The van der Waals surface area contributed by atoms with Crippen LogP contribution >= 0.6 is 11.3 Å². The Morgan fingerprint density at radius 3 is 2.51 bits per heavy atom. The van der Waals surface area contributed by atoms with Gasteiger partial charge in [0.1, 0.15) is 35.8 Å². The SMILES string of the molecule is CCCN(Cc1ncc(-c2ccc3c(c2)cc2n3[C@H](c3cnc(C4CC4)s3)Oc3cc(-c4cnc([C@@H]5CCCN5C(=O)CNC(=O)OC)[nH]4)cc(F)c3-2)[nH]1)C(=O)C(NC(=O)OC)C(C)C. The summed E-state index contributed by atoms with van der Waals surface area (Å²) in [6.45, 7) is 6.73. The van der Waals surface area contributed by atoms with Gasteiger partial charge in [-0.05, 0) is 68.4 Å². The van der Waals surface area contributed by atoms with Crippen molar-refractivity contribution in [3.8, 4) is 39.5 Å². The number of alkyl carbamates (subject to hydrolysis) is 2. The van der Waals surface area contributed by atoms with E-state index in [-0.39, 0.29) is 36.9 Å². The van der Waals surface area contributed by atoms with Gasteiger partial charge in [-0.3, -0.25) is 14.2 Å². The molecule has 4 aromatic heterocycles. The molecule has 1 aliphatic carbocycles. The Kier molecular flexibility index (Phi) is 12.1. The van der Waals surface area contributed by atoms with Gasteiger partial charge in [-0.2, -0.15) is 0 Å². The van der Waals surface area contributed by atoms with E-state index in [0.717, 1.165) is 51.3 Å². The van der Waals surface area contributed by atoms with Gasteiger partial charge in [0.05, 0.1) is 77.2 Å². The van der Waals surface area contributed by atoms with Crippen LogP contribution in [0.5, 0.6) is 5.75 Å². The van der Waals surface area contributed by atoms with Crippen LogP contribution in [0, 0.1) is 11.7 Å². The van der Waals surface area contributed by atoms with E-state index < -0.39 is 30.3 Å². The molecule has 0 radical (unpaired) electrons. The Labute approximate surface area is 378 Å². The molecular formula is C46H51FN10O7S. The largest absolute Gasteiger partial charge is 0.464 e. The third-order valence-corrected chi connectivity index (χ3v) is 13.4. The molecule has 1 saturated heterocycles. The molecule has 6 aromatic rings. The Morgan fingerprint density at radius 1 is 0.969 bits per heavy atom. The van der Waals surface area contributed by atoms with E-state index in [1.807, 2.05) is 61.9 Å². The summed E-state index contributed by atoms with van der Waals surface area (Å²) >= 11 is 1.61. The zero-order valence-corrected chi connectivity index (χ0v) is 37.6. The minimum absolute atomic E-state index is 0.167. The first kappa shape index (κ1) is 43.5. The van der Waals surface area contributed by atoms with E-state index in [9.17, 15) is 19.2 Å². The molecular weight excluding hydrogens is 856 g/mol. The first-order chi connectivity index (χ1) is 31.4. The van der Waals surface area contributed by atoms with Gasteiger partial charge < -0.3 is 44.6 Å². The van der Waals surface area contributed by atoms with Crippen molar-refractivity contribution >= 4 is 46.2 Å². The van der Waals surface area contributed by atoms with Crippen LogP contribution in [-0.4, -0.2) is 103 Å². The lowest BCUT2D eigenvalue weighted by atomic mass is 10.0. The van der Waals surface area contributed by atoms with E-state index in [1.54, 1.807) is 33.5 Å². The lowest BCUT2D eigenvalue weighted by Crippen LogP contribution is -2.51. The van der Waals surface area contributed by atoms with Crippen LogP contribution in [0.2, 0.25) is 0 Å². The van der Waals surface area contributed by atoms with Crippen molar-refractivity contribution in [1.29, 1.82) is 0 Å². The van der Waals surface area contributed by atoms with Crippen molar-refractivity contribution in [3.63, 3.8) is 0 Å². The summed E-state index contributed by atoms with van der Waals surface area (Å²) in [5, 5.41) is 7.05.